The number of aromatic nitrogens is 1. The molecule has 3 rings (SSSR count). The Morgan fingerprint density at radius 2 is 2.06 bits per heavy atom. The van der Waals surface area contributed by atoms with Gasteiger partial charge in [0.05, 0.1) is 6.20 Å². The molecule has 0 atom stereocenters. The molecule has 94 valence electrons. The van der Waals surface area contributed by atoms with Crippen molar-refractivity contribution in [2.45, 2.75) is 32.3 Å². The molecule has 4 nitrogen and oxygen atoms in total. The van der Waals surface area contributed by atoms with Gasteiger partial charge in [0.2, 0.25) is 5.89 Å². The summed E-state index contributed by atoms with van der Waals surface area (Å²) in [5.41, 5.74) is 3.83. The van der Waals surface area contributed by atoms with Gasteiger partial charge in [-0.1, -0.05) is 6.07 Å². The maximum absolute atomic E-state index is 8.37. The van der Waals surface area contributed by atoms with Gasteiger partial charge < -0.3 is 4.42 Å². The van der Waals surface area contributed by atoms with Crippen LogP contribution in [0.2, 0.25) is 0 Å². The number of hydrogen-bond acceptors (Lipinski definition) is 4. The molecule has 0 radical (unpaired) electrons. The summed E-state index contributed by atoms with van der Waals surface area (Å²) in [6.45, 7) is 0.0257. The molecule has 1 aromatic carbocycles. The molecule has 0 bridgehead atoms. The van der Waals surface area contributed by atoms with Crippen molar-refractivity contribution >= 4 is 0 Å². The minimum atomic E-state index is 0.0257. The number of nitrogens with zero attached hydrogens (tertiary/aromatic N) is 1. The fourth-order valence-electron chi connectivity index (χ4n) is 2.44. The van der Waals surface area contributed by atoms with Crippen LogP contribution in [0, 0.1) is 0 Å². The van der Waals surface area contributed by atoms with Crippen LogP contribution in [0.4, 0.5) is 0 Å². The zero-order chi connectivity index (χ0) is 12.4. The van der Waals surface area contributed by atoms with Crippen molar-refractivity contribution in [1.29, 1.82) is 0 Å². The van der Waals surface area contributed by atoms with Crippen molar-refractivity contribution in [3.05, 3.63) is 41.3 Å². The van der Waals surface area contributed by atoms with Gasteiger partial charge in [0, 0.05) is 5.56 Å². The number of oxazole rings is 1. The first-order chi connectivity index (χ1) is 8.86. The molecule has 1 aliphatic rings. The van der Waals surface area contributed by atoms with Gasteiger partial charge in [-0.3, -0.25) is 5.26 Å². The number of fused-ring (bicyclic) bond motifs is 1. The summed E-state index contributed by atoms with van der Waals surface area (Å²) in [6.07, 6.45) is 6.42. The number of rotatable bonds is 3. The highest BCUT2D eigenvalue weighted by molar-refractivity contribution is 5.56. The largest absolute Gasteiger partial charge is 0.439 e. The Hall–Kier alpha value is -1.65. The van der Waals surface area contributed by atoms with Crippen molar-refractivity contribution in [3.63, 3.8) is 0 Å². The molecule has 1 aromatic heterocycles. The second-order valence-electron chi connectivity index (χ2n) is 4.60. The van der Waals surface area contributed by atoms with Gasteiger partial charge in [0.15, 0.2) is 5.76 Å². The van der Waals surface area contributed by atoms with E-state index in [1.807, 2.05) is 6.07 Å². The van der Waals surface area contributed by atoms with Crippen molar-refractivity contribution in [2.24, 2.45) is 0 Å². The molecule has 0 amide bonds. The van der Waals surface area contributed by atoms with Gasteiger partial charge in [-0.2, -0.15) is 0 Å². The van der Waals surface area contributed by atoms with Crippen LogP contribution in [-0.2, 0) is 24.3 Å². The van der Waals surface area contributed by atoms with Crippen molar-refractivity contribution in [2.75, 3.05) is 0 Å². The zero-order valence-electron chi connectivity index (χ0n) is 10.1. The Morgan fingerprint density at radius 1 is 1.22 bits per heavy atom. The molecule has 1 N–H and O–H groups in total. The predicted octanol–water partition coefficient (Wildman–Crippen LogP) is 3.21. The molecule has 0 saturated heterocycles. The summed E-state index contributed by atoms with van der Waals surface area (Å²) in [7, 11) is 0. The standard InChI is InChI=1S/C14H15NO3/c16-17-9-13-8-15-14(18-13)12-6-5-10-3-1-2-4-11(10)7-12/h5-8,16H,1-4,9H2. The van der Waals surface area contributed by atoms with E-state index in [1.165, 1.54) is 30.4 Å². The minimum Gasteiger partial charge on any atom is -0.439 e. The molecule has 0 fully saturated rings. The van der Waals surface area contributed by atoms with Crippen LogP contribution < -0.4 is 0 Å². The average Bonchev–Trinajstić information content (AvgIpc) is 2.87. The maximum atomic E-state index is 8.37. The lowest BCUT2D eigenvalue weighted by Crippen LogP contribution is -2.02. The first-order valence-electron chi connectivity index (χ1n) is 6.20. The molecule has 18 heavy (non-hydrogen) atoms. The van der Waals surface area contributed by atoms with Gasteiger partial charge in [0.1, 0.15) is 6.61 Å². The molecule has 0 saturated carbocycles. The van der Waals surface area contributed by atoms with Crippen molar-refractivity contribution in [1.82, 2.24) is 4.98 Å². The van der Waals surface area contributed by atoms with Gasteiger partial charge in [-0.25, -0.2) is 9.87 Å². The normalized spacial score (nSPS) is 14.5. The molecular weight excluding hydrogens is 230 g/mol. The number of hydrogen-bond donors (Lipinski definition) is 1. The van der Waals surface area contributed by atoms with E-state index in [9.17, 15) is 0 Å². The van der Waals surface area contributed by atoms with E-state index in [4.69, 9.17) is 9.67 Å². The molecule has 2 aromatic rings. The van der Waals surface area contributed by atoms with E-state index in [1.54, 1.807) is 6.20 Å². The Balaban J connectivity index is 1.91. The fourth-order valence-corrected chi connectivity index (χ4v) is 2.44. The predicted molar refractivity (Wildman–Crippen MR) is 66.0 cm³/mol. The van der Waals surface area contributed by atoms with Crippen LogP contribution in [0.15, 0.2) is 28.8 Å². The molecule has 1 aliphatic carbocycles. The minimum absolute atomic E-state index is 0.0257. The maximum Gasteiger partial charge on any atom is 0.226 e. The Bertz CT molecular complexity index is 548. The lowest BCUT2D eigenvalue weighted by Gasteiger charge is -2.15. The summed E-state index contributed by atoms with van der Waals surface area (Å²) in [5.74, 6) is 1.10. The van der Waals surface area contributed by atoms with Crippen LogP contribution >= 0.6 is 0 Å². The second kappa shape index (κ2) is 4.92. The highest BCUT2D eigenvalue weighted by atomic mass is 17.1. The molecule has 0 unspecified atom stereocenters. The Morgan fingerprint density at radius 3 is 2.89 bits per heavy atom. The van der Waals surface area contributed by atoms with E-state index in [2.05, 4.69) is 22.0 Å². The summed E-state index contributed by atoms with van der Waals surface area (Å²) in [4.78, 5) is 8.23. The zero-order valence-corrected chi connectivity index (χ0v) is 10.1. The highest BCUT2D eigenvalue weighted by Crippen LogP contribution is 2.27. The van der Waals surface area contributed by atoms with E-state index in [0.717, 1.165) is 12.0 Å². The summed E-state index contributed by atoms with van der Waals surface area (Å²) in [5, 5.41) is 8.37. The first kappa shape index (κ1) is 11.4. The third-order valence-corrected chi connectivity index (χ3v) is 3.36. The summed E-state index contributed by atoms with van der Waals surface area (Å²) < 4.78 is 5.51. The Labute approximate surface area is 105 Å². The van der Waals surface area contributed by atoms with Crippen LogP contribution in [0.5, 0.6) is 0 Å². The van der Waals surface area contributed by atoms with Gasteiger partial charge in [0.25, 0.3) is 0 Å². The topological polar surface area (TPSA) is 55.5 Å². The SMILES string of the molecule is OOCc1cnc(-c2ccc3c(c2)CCCC3)o1. The van der Waals surface area contributed by atoms with Gasteiger partial charge >= 0.3 is 0 Å². The van der Waals surface area contributed by atoms with Crippen LogP contribution in [0.3, 0.4) is 0 Å². The van der Waals surface area contributed by atoms with Gasteiger partial charge in [-0.15, -0.1) is 0 Å². The third kappa shape index (κ3) is 2.17. The smallest absolute Gasteiger partial charge is 0.226 e. The summed E-state index contributed by atoms with van der Waals surface area (Å²) >= 11 is 0. The lowest BCUT2D eigenvalue weighted by atomic mass is 9.90. The third-order valence-electron chi connectivity index (χ3n) is 3.36. The lowest BCUT2D eigenvalue weighted by molar-refractivity contribution is -0.255. The first-order valence-corrected chi connectivity index (χ1v) is 6.20. The van der Waals surface area contributed by atoms with Gasteiger partial charge in [-0.05, 0) is 48.9 Å². The van der Waals surface area contributed by atoms with Crippen molar-refractivity contribution < 1.29 is 14.6 Å². The molecule has 1 heterocycles. The van der Waals surface area contributed by atoms with Crippen LogP contribution in [0.1, 0.15) is 29.7 Å². The Kier molecular flexibility index (Phi) is 3.13. The average molecular weight is 245 g/mol. The van der Waals surface area contributed by atoms with Crippen LogP contribution in [-0.4, -0.2) is 10.2 Å². The highest BCUT2D eigenvalue weighted by Gasteiger charge is 2.12. The number of benzene rings is 1. The van der Waals surface area contributed by atoms with Crippen LogP contribution in [0.25, 0.3) is 11.5 Å². The molecule has 0 aliphatic heterocycles. The molecule has 4 heteroatoms. The summed E-state index contributed by atoms with van der Waals surface area (Å²) in [6, 6.07) is 6.36. The van der Waals surface area contributed by atoms with E-state index >= 15 is 0 Å². The molecular formula is C14H15NO3. The van der Waals surface area contributed by atoms with E-state index < -0.39 is 0 Å². The monoisotopic (exact) mass is 245 g/mol. The van der Waals surface area contributed by atoms with Crippen molar-refractivity contribution in [3.8, 4) is 11.5 Å². The van der Waals surface area contributed by atoms with E-state index in [0.29, 0.717) is 11.7 Å². The molecule has 0 spiro atoms. The second-order valence-corrected chi connectivity index (χ2v) is 4.60. The quantitative estimate of drug-likeness (QED) is 0.666. The fraction of sp³-hybridized carbons (Fsp3) is 0.357. The van der Waals surface area contributed by atoms with E-state index in [-0.39, 0.29) is 6.61 Å². The number of aryl methyl sites for hydroxylation is 2.